The standard InChI is InChI=1S/C24H23ClN2O4/c1-14-5-4-6-15(9-14)17-11-22(29)26(19-10-16(27(30)31)7-8-18(19)25)20-12-24(2,3)13-21(28)23(17)20/h4-10,17H,11-13H2,1-3H3. The first-order chi connectivity index (χ1) is 14.6. The second-order valence-electron chi connectivity index (χ2n) is 9.09. The molecular formula is C24H23ClN2O4. The first kappa shape index (κ1) is 21.2. The molecule has 0 fully saturated rings. The lowest BCUT2D eigenvalue weighted by Gasteiger charge is -2.43. The molecule has 0 aromatic heterocycles. The largest absolute Gasteiger partial charge is 0.294 e. The summed E-state index contributed by atoms with van der Waals surface area (Å²) in [6, 6.07) is 11.9. The van der Waals surface area contributed by atoms with Gasteiger partial charge in [-0.05, 0) is 30.4 Å². The van der Waals surface area contributed by atoms with Crippen LogP contribution in [-0.2, 0) is 9.59 Å². The minimum Gasteiger partial charge on any atom is -0.294 e. The first-order valence-corrected chi connectivity index (χ1v) is 10.5. The molecule has 0 N–H and O–H groups in total. The Bertz CT molecular complexity index is 1150. The van der Waals surface area contributed by atoms with E-state index >= 15 is 0 Å². The van der Waals surface area contributed by atoms with Gasteiger partial charge >= 0.3 is 0 Å². The lowest BCUT2D eigenvalue weighted by atomic mass is 9.69. The Balaban J connectivity index is 1.94. The summed E-state index contributed by atoms with van der Waals surface area (Å²) in [6.45, 7) is 5.95. The topological polar surface area (TPSA) is 80.5 Å². The van der Waals surface area contributed by atoms with Gasteiger partial charge in [0, 0.05) is 42.2 Å². The van der Waals surface area contributed by atoms with Crippen molar-refractivity contribution in [3.05, 3.63) is 80.0 Å². The quantitative estimate of drug-likeness (QED) is 0.453. The SMILES string of the molecule is Cc1cccc(C2CC(=O)N(c3cc([N+](=O)[O-])ccc3Cl)C3=C2C(=O)CC(C)(C)C3)c1. The van der Waals surface area contributed by atoms with Crippen LogP contribution in [0.5, 0.6) is 0 Å². The Morgan fingerprint density at radius 3 is 2.55 bits per heavy atom. The van der Waals surface area contributed by atoms with Crippen molar-refractivity contribution < 1.29 is 14.5 Å². The number of carbonyl (C=O) groups is 2. The number of non-ortho nitro benzene ring substituents is 1. The molecule has 1 atom stereocenters. The van der Waals surface area contributed by atoms with Gasteiger partial charge in [0.1, 0.15) is 0 Å². The number of halogens is 1. The molecule has 31 heavy (non-hydrogen) atoms. The van der Waals surface area contributed by atoms with Crippen molar-refractivity contribution in [2.75, 3.05) is 4.90 Å². The van der Waals surface area contributed by atoms with E-state index in [1.165, 1.54) is 23.1 Å². The Labute approximate surface area is 185 Å². The molecule has 1 aliphatic carbocycles. The average Bonchev–Trinajstić information content (AvgIpc) is 2.67. The van der Waals surface area contributed by atoms with Crippen molar-refractivity contribution in [1.82, 2.24) is 0 Å². The zero-order valence-electron chi connectivity index (χ0n) is 17.6. The Morgan fingerprint density at radius 1 is 1.13 bits per heavy atom. The fourth-order valence-electron chi connectivity index (χ4n) is 4.65. The molecule has 160 valence electrons. The van der Waals surface area contributed by atoms with Crippen LogP contribution >= 0.6 is 11.6 Å². The van der Waals surface area contributed by atoms with Crippen LogP contribution in [-0.4, -0.2) is 16.6 Å². The van der Waals surface area contributed by atoms with Gasteiger partial charge in [-0.15, -0.1) is 0 Å². The highest BCUT2D eigenvalue weighted by molar-refractivity contribution is 6.34. The number of amides is 1. The second-order valence-corrected chi connectivity index (χ2v) is 9.50. The van der Waals surface area contributed by atoms with E-state index < -0.39 is 4.92 Å². The summed E-state index contributed by atoms with van der Waals surface area (Å²) >= 11 is 6.39. The van der Waals surface area contributed by atoms with Gasteiger partial charge < -0.3 is 0 Å². The van der Waals surface area contributed by atoms with Crippen LogP contribution in [0.4, 0.5) is 11.4 Å². The number of rotatable bonds is 3. The molecule has 1 unspecified atom stereocenters. The lowest BCUT2D eigenvalue weighted by molar-refractivity contribution is -0.384. The highest BCUT2D eigenvalue weighted by atomic mass is 35.5. The number of hydrogen-bond acceptors (Lipinski definition) is 4. The highest BCUT2D eigenvalue weighted by Gasteiger charge is 2.45. The second kappa shape index (κ2) is 7.61. The summed E-state index contributed by atoms with van der Waals surface area (Å²) in [5, 5.41) is 11.6. The number of aryl methyl sites for hydroxylation is 1. The monoisotopic (exact) mass is 438 g/mol. The Kier molecular flexibility index (Phi) is 5.21. The maximum Gasteiger partial charge on any atom is 0.271 e. The molecule has 1 aliphatic heterocycles. The van der Waals surface area contributed by atoms with Crippen molar-refractivity contribution in [3.63, 3.8) is 0 Å². The van der Waals surface area contributed by atoms with Gasteiger partial charge in [-0.1, -0.05) is 55.3 Å². The van der Waals surface area contributed by atoms with Crippen molar-refractivity contribution >= 4 is 34.7 Å². The van der Waals surface area contributed by atoms with Gasteiger partial charge in [-0.25, -0.2) is 0 Å². The fourth-order valence-corrected chi connectivity index (χ4v) is 4.85. The Morgan fingerprint density at radius 2 is 1.87 bits per heavy atom. The van der Waals surface area contributed by atoms with Gasteiger partial charge in [0.15, 0.2) is 5.78 Å². The number of hydrogen-bond donors (Lipinski definition) is 0. The average molecular weight is 439 g/mol. The van der Waals surface area contributed by atoms with Gasteiger partial charge in [0.25, 0.3) is 5.69 Å². The summed E-state index contributed by atoms with van der Waals surface area (Å²) in [4.78, 5) is 39.0. The van der Waals surface area contributed by atoms with E-state index in [0.29, 0.717) is 24.1 Å². The molecule has 4 rings (SSSR count). The van der Waals surface area contributed by atoms with Crippen LogP contribution < -0.4 is 4.90 Å². The smallest absolute Gasteiger partial charge is 0.271 e. The molecular weight excluding hydrogens is 416 g/mol. The van der Waals surface area contributed by atoms with Crippen LogP contribution in [0.3, 0.4) is 0 Å². The van der Waals surface area contributed by atoms with E-state index in [2.05, 4.69) is 0 Å². The molecule has 6 nitrogen and oxygen atoms in total. The maximum absolute atomic E-state index is 13.4. The predicted octanol–water partition coefficient (Wildman–Crippen LogP) is 5.72. The number of anilines is 1. The van der Waals surface area contributed by atoms with Crippen molar-refractivity contribution in [2.45, 2.75) is 46.0 Å². The fraction of sp³-hybridized carbons (Fsp3) is 0.333. The van der Waals surface area contributed by atoms with Crippen LogP contribution in [0.25, 0.3) is 0 Å². The summed E-state index contributed by atoms with van der Waals surface area (Å²) in [6.07, 6.45) is 0.994. The maximum atomic E-state index is 13.4. The van der Waals surface area contributed by atoms with E-state index in [9.17, 15) is 19.7 Å². The molecule has 1 amide bonds. The zero-order chi connectivity index (χ0) is 22.5. The minimum atomic E-state index is -0.519. The van der Waals surface area contributed by atoms with Crippen molar-refractivity contribution in [1.29, 1.82) is 0 Å². The first-order valence-electron chi connectivity index (χ1n) is 10.2. The van der Waals surface area contributed by atoms with Crippen LogP contribution in [0.1, 0.15) is 50.2 Å². The zero-order valence-corrected chi connectivity index (χ0v) is 18.4. The third kappa shape index (κ3) is 3.88. The third-order valence-corrected chi connectivity index (χ3v) is 6.29. The number of nitrogens with zero attached hydrogens (tertiary/aromatic N) is 2. The minimum absolute atomic E-state index is 0.0109. The van der Waals surface area contributed by atoms with E-state index in [-0.39, 0.29) is 45.8 Å². The molecule has 0 radical (unpaired) electrons. The molecule has 1 heterocycles. The molecule has 0 bridgehead atoms. The number of allylic oxidation sites excluding steroid dienone is 2. The number of nitro benzene ring substituents is 1. The molecule has 0 saturated heterocycles. The number of carbonyl (C=O) groups excluding carboxylic acids is 2. The summed E-state index contributed by atoms with van der Waals surface area (Å²) < 4.78 is 0. The van der Waals surface area contributed by atoms with Crippen molar-refractivity contribution in [3.8, 4) is 0 Å². The Hall–Kier alpha value is -2.99. The summed E-state index contributed by atoms with van der Waals surface area (Å²) in [7, 11) is 0. The van der Waals surface area contributed by atoms with E-state index in [0.717, 1.165) is 11.1 Å². The summed E-state index contributed by atoms with van der Waals surface area (Å²) in [5.74, 6) is -0.547. The van der Waals surface area contributed by atoms with Gasteiger partial charge in [-0.2, -0.15) is 0 Å². The number of ketones is 1. The van der Waals surface area contributed by atoms with Gasteiger partial charge in [0.2, 0.25) is 5.91 Å². The lowest BCUT2D eigenvalue weighted by Crippen LogP contribution is -2.43. The normalized spacial score (nSPS) is 20.6. The summed E-state index contributed by atoms with van der Waals surface area (Å²) in [5.41, 5.74) is 2.96. The van der Waals surface area contributed by atoms with Crippen LogP contribution in [0.2, 0.25) is 5.02 Å². The highest BCUT2D eigenvalue weighted by Crippen LogP contribution is 2.49. The van der Waals surface area contributed by atoms with Gasteiger partial charge in [0.05, 0.1) is 15.6 Å². The van der Waals surface area contributed by atoms with E-state index in [1.807, 2.05) is 45.0 Å². The molecule has 2 aromatic rings. The van der Waals surface area contributed by atoms with Gasteiger partial charge in [-0.3, -0.25) is 24.6 Å². The van der Waals surface area contributed by atoms with Crippen molar-refractivity contribution in [2.24, 2.45) is 5.41 Å². The number of nitro groups is 1. The number of Topliss-reactive ketones (excluding diaryl/α,β-unsaturated/α-hetero) is 1. The molecule has 0 saturated carbocycles. The van der Waals surface area contributed by atoms with Crippen LogP contribution in [0.15, 0.2) is 53.7 Å². The third-order valence-electron chi connectivity index (χ3n) is 5.97. The van der Waals surface area contributed by atoms with E-state index in [1.54, 1.807) is 0 Å². The predicted molar refractivity (Wildman–Crippen MR) is 119 cm³/mol. The number of benzene rings is 2. The molecule has 0 spiro atoms. The van der Waals surface area contributed by atoms with E-state index in [4.69, 9.17) is 11.6 Å². The molecule has 2 aliphatic rings. The molecule has 2 aromatic carbocycles. The molecule has 7 heteroatoms. The van der Waals surface area contributed by atoms with Crippen LogP contribution in [0, 0.1) is 22.5 Å².